The Bertz CT molecular complexity index is 782. The van der Waals surface area contributed by atoms with Gasteiger partial charge in [-0.1, -0.05) is 30.3 Å². The summed E-state index contributed by atoms with van der Waals surface area (Å²) < 4.78 is 10.9. The van der Waals surface area contributed by atoms with Crippen LogP contribution >= 0.6 is 0 Å². The summed E-state index contributed by atoms with van der Waals surface area (Å²) in [7, 11) is 1.72. The minimum atomic E-state index is -0.432. The van der Waals surface area contributed by atoms with Gasteiger partial charge in [-0.15, -0.1) is 0 Å². The quantitative estimate of drug-likeness (QED) is 0.764. The molecule has 1 aliphatic rings. The highest BCUT2D eigenvalue weighted by Gasteiger charge is 2.25. The minimum Gasteiger partial charge on any atom is -0.446 e. The molecule has 3 rings (SSSR count). The summed E-state index contributed by atoms with van der Waals surface area (Å²) in [6, 6.07) is 9.45. The van der Waals surface area contributed by atoms with E-state index in [1.54, 1.807) is 7.11 Å². The van der Waals surface area contributed by atoms with Gasteiger partial charge < -0.3 is 19.8 Å². The number of hydrogen-bond donors (Lipinski definition) is 2. The highest BCUT2D eigenvalue weighted by molar-refractivity contribution is 5.92. The number of ether oxygens (including phenoxy) is 1. The lowest BCUT2D eigenvalue weighted by Gasteiger charge is -2.27. The molecule has 2 amide bonds. The van der Waals surface area contributed by atoms with E-state index < -0.39 is 6.04 Å². The fraction of sp³-hybridized carbons (Fsp3) is 0.476. The molecule has 0 bridgehead atoms. The lowest BCUT2D eigenvalue weighted by molar-refractivity contribution is -0.119. The third kappa shape index (κ3) is 5.42. The van der Waals surface area contributed by atoms with Gasteiger partial charge in [0.05, 0.1) is 6.10 Å². The zero-order valence-corrected chi connectivity index (χ0v) is 16.3. The number of nitrogens with zero attached hydrogens (tertiary/aromatic N) is 1. The monoisotopic (exact) mass is 385 g/mol. The molecule has 2 N–H and O–H groups in total. The van der Waals surface area contributed by atoms with Crippen LogP contribution in [0.1, 0.15) is 60.6 Å². The van der Waals surface area contributed by atoms with Gasteiger partial charge in [0.25, 0.3) is 5.91 Å². The van der Waals surface area contributed by atoms with Gasteiger partial charge in [-0.2, -0.15) is 0 Å². The molecule has 1 aromatic heterocycles. The number of benzene rings is 1. The average molecular weight is 385 g/mol. The summed E-state index contributed by atoms with van der Waals surface area (Å²) in [5, 5.41) is 5.87. The lowest BCUT2D eigenvalue weighted by atomic mass is 9.93. The van der Waals surface area contributed by atoms with E-state index in [2.05, 4.69) is 15.6 Å². The van der Waals surface area contributed by atoms with Crippen LogP contribution in [0.25, 0.3) is 0 Å². The number of hydrogen-bond acceptors (Lipinski definition) is 5. The summed E-state index contributed by atoms with van der Waals surface area (Å²) >= 11 is 0. The third-order valence-electron chi connectivity index (χ3n) is 5.06. The molecule has 7 nitrogen and oxygen atoms in total. The van der Waals surface area contributed by atoms with Crippen LogP contribution in [0.15, 0.2) is 41.0 Å². The highest BCUT2D eigenvalue weighted by Crippen LogP contribution is 2.22. The normalized spacial score (nSPS) is 20.4. The molecule has 7 heteroatoms. The molecule has 1 aromatic carbocycles. The van der Waals surface area contributed by atoms with Crippen molar-refractivity contribution in [3.63, 3.8) is 0 Å². The van der Waals surface area contributed by atoms with Crippen LogP contribution in [-0.2, 0) is 16.0 Å². The molecule has 0 unspecified atom stereocenters. The maximum atomic E-state index is 12.5. The standard InChI is InChI=1S/C21H27N3O4/c1-14(25)22-18(12-15-6-4-3-5-7-15)21-24-19(13-28-21)20(26)23-16-8-10-17(27-2)11-9-16/h3-7,13,16-18H,8-12H2,1-2H3,(H,22,25)(H,23,26)/t16?,17?,18-/m1/s1. The minimum absolute atomic E-state index is 0.120. The molecule has 0 saturated heterocycles. The third-order valence-corrected chi connectivity index (χ3v) is 5.06. The fourth-order valence-electron chi connectivity index (χ4n) is 3.55. The van der Waals surface area contributed by atoms with E-state index in [-0.39, 0.29) is 29.7 Å². The second-order valence-corrected chi connectivity index (χ2v) is 7.20. The van der Waals surface area contributed by atoms with Crippen LogP contribution in [0.3, 0.4) is 0 Å². The van der Waals surface area contributed by atoms with E-state index in [0.29, 0.717) is 12.3 Å². The smallest absolute Gasteiger partial charge is 0.273 e. The lowest BCUT2D eigenvalue weighted by Crippen LogP contribution is -2.39. The molecule has 0 aliphatic heterocycles. The van der Waals surface area contributed by atoms with Crippen molar-refractivity contribution in [2.24, 2.45) is 0 Å². The van der Waals surface area contributed by atoms with Gasteiger partial charge in [-0.05, 0) is 31.2 Å². The number of aromatic nitrogens is 1. The van der Waals surface area contributed by atoms with Crippen LogP contribution < -0.4 is 10.6 Å². The number of oxazole rings is 1. The first-order chi connectivity index (χ1) is 13.5. The molecule has 1 aliphatic carbocycles. The Balaban J connectivity index is 1.64. The van der Waals surface area contributed by atoms with Gasteiger partial charge in [0.2, 0.25) is 11.8 Å². The SMILES string of the molecule is COC1CCC(NC(=O)c2coc([C@@H](Cc3ccccc3)NC(C)=O)n2)CC1. The van der Waals surface area contributed by atoms with E-state index in [1.165, 1.54) is 13.2 Å². The van der Waals surface area contributed by atoms with Crippen molar-refractivity contribution in [2.45, 2.75) is 57.2 Å². The van der Waals surface area contributed by atoms with Gasteiger partial charge in [0.15, 0.2) is 5.69 Å². The molecule has 2 aromatic rings. The van der Waals surface area contributed by atoms with E-state index in [0.717, 1.165) is 31.2 Å². The summed E-state index contributed by atoms with van der Waals surface area (Å²) in [5.41, 5.74) is 1.27. The number of carbonyl (C=O) groups is 2. The first-order valence-corrected chi connectivity index (χ1v) is 9.65. The molecule has 28 heavy (non-hydrogen) atoms. The molecule has 1 fully saturated rings. The zero-order chi connectivity index (χ0) is 19.9. The molecule has 1 atom stereocenters. The maximum Gasteiger partial charge on any atom is 0.273 e. The van der Waals surface area contributed by atoms with Crippen LogP contribution in [0.2, 0.25) is 0 Å². The first-order valence-electron chi connectivity index (χ1n) is 9.65. The molecule has 1 heterocycles. The summed E-state index contributed by atoms with van der Waals surface area (Å²) in [6.07, 6.45) is 5.81. The first kappa shape index (κ1) is 20.1. The van der Waals surface area contributed by atoms with Gasteiger partial charge in [0.1, 0.15) is 12.3 Å². The second kappa shape index (κ2) is 9.50. The van der Waals surface area contributed by atoms with E-state index >= 15 is 0 Å². The Labute approximate surface area is 164 Å². The summed E-state index contributed by atoms with van der Waals surface area (Å²) in [4.78, 5) is 28.5. The van der Waals surface area contributed by atoms with Crippen molar-refractivity contribution in [2.75, 3.05) is 7.11 Å². The summed E-state index contributed by atoms with van der Waals surface area (Å²) in [5.74, 6) is -0.107. The highest BCUT2D eigenvalue weighted by atomic mass is 16.5. The zero-order valence-electron chi connectivity index (χ0n) is 16.3. The van der Waals surface area contributed by atoms with Crippen molar-refractivity contribution in [3.05, 3.63) is 53.7 Å². The number of methoxy groups -OCH3 is 1. The van der Waals surface area contributed by atoms with Crippen LogP contribution in [0.4, 0.5) is 0 Å². The van der Waals surface area contributed by atoms with Crippen molar-refractivity contribution < 1.29 is 18.7 Å². The van der Waals surface area contributed by atoms with E-state index in [1.807, 2.05) is 30.3 Å². The Morgan fingerprint density at radius 3 is 2.57 bits per heavy atom. The van der Waals surface area contributed by atoms with Crippen LogP contribution in [0.5, 0.6) is 0 Å². The largest absolute Gasteiger partial charge is 0.446 e. The van der Waals surface area contributed by atoms with Crippen molar-refractivity contribution in [1.29, 1.82) is 0 Å². The second-order valence-electron chi connectivity index (χ2n) is 7.20. The van der Waals surface area contributed by atoms with Gasteiger partial charge in [-0.3, -0.25) is 9.59 Å². The Hall–Kier alpha value is -2.67. The van der Waals surface area contributed by atoms with Crippen LogP contribution in [-0.4, -0.2) is 36.1 Å². The fourth-order valence-corrected chi connectivity index (χ4v) is 3.55. The Morgan fingerprint density at radius 1 is 1.21 bits per heavy atom. The number of rotatable bonds is 7. The van der Waals surface area contributed by atoms with E-state index in [4.69, 9.17) is 9.15 Å². The van der Waals surface area contributed by atoms with Crippen molar-refractivity contribution in [1.82, 2.24) is 15.6 Å². The Morgan fingerprint density at radius 2 is 1.93 bits per heavy atom. The van der Waals surface area contributed by atoms with Crippen molar-refractivity contribution in [3.8, 4) is 0 Å². The van der Waals surface area contributed by atoms with Crippen molar-refractivity contribution >= 4 is 11.8 Å². The predicted octanol–water partition coefficient (Wildman–Crippen LogP) is 2.78. The molecular formula is C21H27N3O4. The number of nitrogens with one attached hydrogen (secondary N) is 2. The van der Waals surface area contributed by atoms with Gasteiger partial charge in [-0.25, -0.2) is 4.98 Å². The van der Waals surface area contributed by atoms with E-state index in [9.17, 15) is 9.59 Å². The predicted molar refractivity (Wildman–Crippen MR) is 104 cm³/mol. The van der Waals surface area contributed by atoms with Gasteiger partial charge in [0, 0.05) is 26.5 Å². The van der Waals surface area contributed by atoms with Gasteiger partial charge >= 0.3 is 0 Å². The molecule has 0 spiro atoms. The number of amides is 2. The van der Waals surface area contributed by atoms with Crippen LogP contribution in [0, 0.1) is 0 Å². The molecule has 1 saturated carbocycles. The Kier molecular flexibility index (Phi) is 6.81. The average Bonchev–Trinajstić information content (AvgIpc) is 3.19. The maximum absolute atomic E-state index is 12.5. The molecule has 150 valence electrons. The topological polar surface area (TPSA) is 93.5 Å². The summed E-state index contributed by atoms with van der Waals surface area (Å²) in [6.45, 7) is 1.45. The molecular weight excluding hydrogens is 358 g/mol. The number of carbonyl (C=O) groups excluding carboxylic acids is 2. The molecule has 0 radical (unpaired) electrons.